The predicted molar refractivity (Wildman–Crippen MR) is 141 cm³/mol. The average molecular weight is 600 g/mol. The van der Waals surface area contributed by atoms with E-state index < -0.39 is 11.1 Å². The minimum absolute atomic E-state index is 0.205. The number of imide groups is 1. The molecule has 0 bridgehead atoms. The zero-order valence-electron chi connectivity index (χ0n) is 17.5. The Morgan fingerprint density at radius 1 is 1.00 bits per heavy atom. The number of benzene rings is 3. The Bertz CT molecular complexity index is 1330. The van der Waals surface area contributed by atoms with Crippen LogP contribution < -0.4 is 14.4 Å². The highest BCUT2D eigenvalue weighted by Gasteiger charge is 2.36. The molecule has 1 aliphatic rings. The number of carbonyl (C=O) groups excluding carboxylic acids is 2. The number of amides is 2. The van der Waals surface area contributed by atoms with Gasteiger partial charge in [0.2, 0.25) is 0 Å². The number of hydrogen-bond acceptors (Lipinski definition) is 5. The number of rotatable bonds is 6. The van der Waals surface area contributed by atoms with Crippen molar-refractivity contribution in [2.75, 3.05) is 12.0 Å². The van der Waals surface area contributed by atoms with Gasteiger partial charge in [0.15, 0.2) is 11.5 Å². The van der Waals surface area contributed by atoms with E-state index in [0.717, 1.165) is 22.2 Å². The molecule has 1 fully saturated rings. The van der Waals surface area contributed by atoms with Crippen LogP contribution in [-0.2, 0) is 11.4 Å². The Balaban J connectivity index is 1.59. The van der Waals surface area contributed by atoms with E-state index in [4.69, 9.17) is 44.3 Å². The topological polar surface area (TPSA) is 55.8 Å². The summed E-state index contributed by atoms with van der Waals surface area (Å²) < 4.78 is 12.0. The minimum atomic E-state index is -0.430. The van der Waals surface area contributed by atoms with Gasteiger partial charge in [-0.15, -0.1) is 0 Å². The van der Waals surface area contributed by atoms with Crippen molar-refractivity contribution < 1.29 is 19.1 Å². The van der Waals surface area contributed by atoms with Gasteiger partial charge in [-0.2, -0.15) is 0 Å². The maximum Gasteiger partial charge on any atom is 0.298 e. The molecule has 3 aromatic carbocycles. The highest BCUT2D eigenvalue weighted by Crippen LogP contribution is 2.40. The standard InChI is InChI=1S/C24H15BrCl3NO4S/c1-32-20-7-14(18(25)11-21(20)33-12-13-5-6-16(27)10-19(13)28)8-22-23(30)29(24(31)34-22)17-4-2-3-15(26)9-17/h2-11H,12H2,1H3/b22-8+. The second-order valence-electron chi connectivity index (χ2n) is 7.05. The molecule has 0 atom stereocenters. The van der Waals surface area contributed by atoms with E-state index in [-0.39, 0.29) is 11.5 Å². The van der Waals surface area contributed by atoms with Gasteiger partial charge < -0.3 is 9.47 Å². The molecule has 0 spiro atoms. The van der Waals surface area contributed by atoms with E-state index in [1.807, 2.05) is 0 Å². The van der Waals surface area contributed by atoms with Crippen molar-refractivity contribution in [3.05, 3.63) is 90.2 Å². The third kappa shape index (κ3) is 5.39. The highest BCUT2D eigenvalue weighted by atomic mass is 79.9. The lowest BCUT2D eigenvalue weighted by Gasteiger charge is -2.14. The van der Waals surface area contributed by atoms with Crippen LogP contribution in [0.15, 0.2) is 64.0 Å². The molecule has 0 unspecified atom stereocenters. The molecule has 0 aromatic heterocycles. The summed E-state index contributed by atoms with van der Waals surface area (Å²) in [7, 11) is 1.52. The molecule has 10 heteroatoms. The quantitative estimate of drug-likeness (QED) is 0.267. The molecule has 34 heavy (non-hydrogen) atoms. The fourth-order valence-corrected chi connectivity index (χ4v) is 5.09. The second-order valence-corrected chi connectivity index (χ2v) is 10.2. The Labute approximate surface area is 223 Å². The molecule has 0 N–H and O–H groups in total. The molecule has 174 valence electrons. The molecular weight excluding hydrogens is 585 g/mol. The first-order valence-corrected chi connectivity index (χ1v) is 12.5. The number of nitrogens with zero attached hydrogens (tertiary/aromatic N) is 1. The Kier molecular flexibility index (Phi) is 7.80. The van der Waals surface area contributed by atoms with Gasteiger partial charge in [0.25, 0.3) is 11.1 Å². The smallest absolute Gasteiger partial charge is 0.298 e. The monoisotopic (exact) mass is 597 g/mol. The van der Waals surface area contributed by atoms with E-state index in [2.05, 4.69) is 15.9 Å². The molecule has 0 saturated carbocycles. The average Bonchev–Trinajstić information content (AvgIpc) is 3.07. The normalized spacial score (nSPS) is 14.7. The molecule has 0 radical (unpaired) electrons. The molecule has 2 amide bonds. The summed E-state index contributed by atoms with van der Waals surface area (Å²) in [5, 5.41) is 1.07. The summed E-state index contributed by atoms with van der Waals surface area (Å²) in [5.41, 5.74) is 1.83. The van der Waals surface area contributed by atoms with E-state index in [1.165, 1.54) is 7.11 Å². The fourth-order valence-electron chi connectivity index (χ4n) is 3.17. The number of anilines is 1. The Morgan fingerprint density at radius 2 is 1.76 bits per heavy atom. The van der Waals surface area contributed by atoms with Crippen LogP contribution in [0, 0.1) is 0 Å². The van der Waals surface area contributed by atoms with Crippen LogP contribution in [0.3, 0.4) is 0 Å². The van der Waals surface area contributed by atoms with Gasteiger partial charge in [-0.1, -0.05) is 62.9 Å². The summed E-state index contributed by atoms with van der Waals surface area (Å²) in [5.74, 6) is 0.499. The minimum Gasteiger partial charge on any atom is -0.493 e. The van der Waals surface area contributed by atoms with E-state index in [9.17, 15) is 9.59 Å². The third-order valence-electron chi connectivity index (χ3n) is 4.83. The van der Waals surface area contributed by atoms with Crippen molar-refractivity contribution >= 4 is 85.4 Å². The van der Waals surface area contributed by atoms with Gasteiger partial charge in [-0.25, -0.2) is 4.90 Å². The number of carbonyl (C=O) groups is 2. The fraction of sp³-hybridized carbons (Fsp3) is 0.0833. The van der Waals surface area contributed by atoms with Crippen LogP contribution >= 0.6 is 62.5 Å². The van der Waals surface area contributed by atoms with Gasteiger partial charge in [-0.05, 0) is 65.9 Å². The number of thioether (sulfide) groups is 1. The van der Waals surface area contributed by atoms with E-state index in [1.54, 1.807) is 60.7 Å². The van der Waals surface area contributed by atoms with Gasteiger partial charge in [-0.3, -0.25) is 9.59 Å². The predicted octanol–water partition coefficient (Wildman–Crippen LogP) is 8.24. The highest BCUT2D eigenvalue weighted by molar-refractivity contribution is 9.10. The summed E-state index contributed by atoms with van der Waals surface area (Å²) in [4.78, 5) is 26.9. The van der Waals surface area contributed by atoms with Gasteiger partial charge >= 0.3 is 0 Å². The van der Waals surface area contributed by atoms with Crippen molar-refractivity contribution in [3.8, 4) is 11.5 Å². The van der Waals surface area contributed by atoms with Crippen LogP contribution in [0.1, 0.15) is 11.1 Å². The molecular formula is C24H15BrCl3NO4S. The van der Waals surface area contributed by atoms with Crippen molar-refractivity contribution in [1.82, 2.24) is 0 Å². The molecule has 4 rings (SSSR count). The third-order valence-corrected chi connectivity index (χ3v) is 7.21. The molecule has 5 nitrogen and oxygen atoms in total. The summed E-state index contributed by atoms with van der Waals surface area (Å²) >= 11 is 22.6. The molecule has 1 aliphatic heterocycles. The van der Waals surface area contributed by atoms with Crippen LogP contribution in [0.5, 0.6) is 11.5 Å². The zero-order valence-corrected chi connectivity index (χ0v) is 22.2. The number of methoxy groups -OCH3 is 1. The summed E-state index contributed by atoms with van der Waals surface area (Å²) in [6.07, 6.45) is 1.63. The lowest BCUT2D eigenvalue weighted by Crippen LogP contribution is -2.27. The first kappa shape index (κ1) is 24.9. The van der Waals surface area contributed by atoms with Crippen molar-refractivity contribution in [3.63, 3.8) is 0 Å². The van der Waals surface area contributed by atoms with Crippen molar-refractivity contribution in [1.29, 1.82) is 0 Å². The number of hydrogen-bond donors (Lipinski definition) is 0. The van der Waals surface area contributed by atoms with Gasteiger partial charge in [0.05, 0.1) is 17.7 Å². The molecule has 3 aromatic rings. The van der Waals surface area contributed by atoms with Crippen molar-refractivity contribution in [2.24, 2.45) is 0 Å². The lowest BCUT2D eigenvalue weighted by atomic mass is 10.1. The maximum absolute atomic E-state index is 13.0. The molecule has 0 aliphatic carbocycles. The van der Waals surface area contributed by atoms with Gasteiger partial charge in [0.1, 0.15) is 6.61 Å². The first-order chi connectivity index (χ1) is 16.3. The van der Waals surface area contributed by atoms with Crippen LogP contribution in [0.25, 0.3) is 6.08 Å². The molecule has 1 saturated heterocycles. The van der Waals surface area contributed by atoms with Gasteiger partial charge in [0, 0.05) is 25.1 Å². The molecule has 1 heterocycles. The number of ether oxygens (including phenoxy) is 2. The largest absolute Gasteiger partial charge is 0.493 e. The van der Waals surface area contributed by atoms with E-state index in [0.29, 0.717) is 42.3 Å². The Morgan fingerprint density at radius 3 is 2.47 bits per heavy atom. The zero-order chi connectivity index (χ0) is 24.4. The Hall–Kier alpha value is -2.16. The van der Waals surface area contributed by atoms with Crippen LogP contribution in [0.2, 0.25) is 15.1 Å². The van der Waals surface area contributed by atoms with Crippen LogP contribution in [-0.4, -0.2) is 18.3 Å². The second kappa shape index (κ2) is 10.6. The summed E-state index contributed by atoms with van der Waals surface area (Å²) in [6.45, 7) is 0.205. The van der Waals surface area contributed by atoms with Crippen molar-refractivity contribution in [2.45, 2.75) is 6.61 Å². The SMILES string of the molecule is COc1cc(/C=C2/SC(=O)N(c3cccc(Cl)c3)C2=O)c(Br)cc1OCc1ccc(Cl)cc1Cl. The van der Waals surface area contributed by atoms with Crippen LogP contribution in [0.4, 0.5) is 10.5 Å². The maximum atomic E-state index is 13.0. The summed E-state index contributed by atoms with van der Waals surface area (Å²) in [6, 6.07) is 15.2. The van der Waals surface area contributed by atoms with E-state index >= 15 is 0 Å². The number of halogens is 4. The lowest BCUT2D eigenvalue weighted by molar-refractivity contribution is -0.113. The first-order valence-electron chi connectivity index (χ1n) is 9.74.